The molecule has 80 valence electrons. The molecule has 0 bridgehead atoms. The van der Waals surface area contributed by atoms with Gasteiger partial charge in [0.25, 0.3) is 0 Å². The van der Waals surface area contributed by atoms with Gasteiger partial charge in [-0.05, 0) is 43.2 Å². The van der Waals surface area contributed by atoms with Gasteiger partial charge < -0.3 is 9.47 Å². The van der Waals surface area contributed by atoms with Gasteiger partial charge in [0.05, 0.1) is 0 Å². The molecule has 0 fully saturated rings. The first kappa shape index (κ1) is 11.7. The molecule has 0 unspecified atom stereocenters. The molecule has 0 radical (unpaired) electrons. The molecular formula is C11H18O2S. The molecule has 0 N–H and O–H groups in total. The van der Waals surface area contributed by atoms with Gasteiger partial charge in [-0.15, -0.1) is 11.3 Å². The highest BCUT2D eigenvalue weighted by atomic mass is 32.1. The summed E-state index contributed by atoms with van der Waals surface area (Å²) in [6.07, 6.45) is 3.48. The highest BCUT2D eigenvalue weighted by molar-refractivity contribution is 7.10. The lowest BCUT2D eigenvalue weighted by Gasteiger charge is -2.01. The molecule has 0 saturated heterocycles. The number of methoxy groups -OCH3 is 1. The number of hydrogen-bond acceptors (Lipinski definition) is 3. The van der Waals surface area contributed by atoms with Gasteiger partial charge in [-0.2, -0.15) is 0 Å². The van der Waals surface area contributed by atoms with Crippen molar-refractivity contribution in [3.05, 3.63) is 21.9 Å². The van der Waals surface area contributed by atoms with Crippen LogP contribution in [0.3, 0.4) is 0 Å². The van der Waals surface area contributed by atoms with Gasteiger partial charge in [0.15, 0.2) is 0 Å². The van der Waals surface area contributed by atoms with E-state index in [4.69, 9.17) is 9.47 Å². The molecule has 1 aromatic rings. The second-order valence-electron chi connectivity index (χ2n) is 3.36. The fourth-order valence-corrected chi connectivity index (χ4v) is 2.19. The average Bonchev–Trinajstić information content (AvgIpc) is 2.58. The summed E-state index contributed by atoms with van der Waals surface area (Å²) in [7, 11) is 1.65. The third kappa shape index (κ3) is 4.74. The summed E-state index contributed by atoms with van der Waals surface area (Å²) in [6.45, 7) is 3.36. The third-order valence-electron chi connectivity index (χ3n) is 1.95. The predicted octanol–water partition coefficient (Wildman–Crippen LogP) is 3.00. The molecule has 0 aliphatic heterocycles. The molecule has 0 amide bonds. The number of thiophene rings is 1. The van der Waals surface area contributed by atoms with Gasteiger partial charge in [0.1, 0.15) is 6.79 Å². The van der Waals surface area contributed by atoms with Crippen LogP contribution in [0.5, 0.6) is 0 Å². The summed E-state index contributed by atoms with van der Waals surface area (Å²) in [5, 5.41) is 2.21. The summed E-state index contributed by atoms with van der Waals surface area (Å²) < 4.78 is 10.00. The maximum Gasteiger partial charge on any atom is 0.146 e. The zero-order valence-electron chi connectivity index (χ0n) is 8.91. The van der Waals surface area contributed by atoms with E-state index in [2.05, 4.69) is 18.4 Å². The quantitative estimate of drug-likeness (QED) is 0.513. The molecule has 0 atom stereocenters. The molecule has 0 saturated carbocycles. The van der Waals surface area contributed by atoms with Gasteiger partial charge in [-0.3, -0.25) is 0 Å². The fraction of sp³-hybridized carbons (Fsp3) is 0.636. The molecule has 0 aliphatic rings. The Hall–Kier alpha value is -0.380. The molecule has 2 nitrogen and oxygen atoms in total. The molecule has 0 aliphatic carbocycles. The van der Waals surface area contributed by atoms with Crippen molar-refractivity contribution in [2.45, 2.75) is 26.2 Å². The zero-order valence-corrected chi connectivity index (χ0v) is 9.73. The van der Waals surface area contributed by atoms with E-state index in [-0.39, 0.29) is 0 Å². The normalized spacial score (nSPS) is 10.7. The molecule has 1 heterocycles. The predicted molar refractivity (Wildman–Crippen MR) is 59.8 cm³/mol. The Morgan fingerprint density at radius 1 is 1.36 bits per heavy atom. The summed E-state index contributed by atoms with van der Waals surface area (Å²) in [6, 6.07) is 2.26. The second-order valence-corrected chi connectivity index (χ2v) is 4.36. The standard InChI is InChI=1S/C11H18O2S/c1-10-7-11(14-8-10)5-3-4-6-13-9-12-2/h7-8H,3-6,9H2,1-2H3. The highest BCUT2D eigenvalue weighted by Crippen LogP contribution is 2.15. The van der Waals surface area contributed by atoms with Gasteiger partial charge in [0.2, 0.25) is 0 Å². The lowest BCUT2D eigenvalue weighted by molar-refractivity contribution is -0.0314. The number of unbranched alkanes of at least 4 members (excludes halogenated alkanes) is 1. The third-order valence-corrected chi connectivity index (χ3v) is 3.06. The lowest BCUT2D eigenvalue weighted by Crippen LogP contribution is -1.98. The maximum atomic E-state index is 5.21. The topological polar surface area (TPSA) is 18.5 Å². The number of ether oxygens (including phenoxy) is 2. The van der Waals surface area contributed by atoms with Gasteiger partial charge >= 0.3 is 0 Å². The van der Waals surface area contributed by atoms with Crippen LogP contribution in [-0.4, -0.2) is 20.5 Å². The highest BCUT2D eigenvalue weighted by Gasteiger charge is 1.96. The number of rotatable bonds is 7. The van der Waals surface area contributed by atoms with Crippen molar-refractivity contribution in [2.24, 2.45) is 0 Å². The second kappa shape index (κ2) is 6.98. The molecule has 0 spiro atoms. The largest absolute Gasteiger partial charge is 0.359 e. The van der Waals surface area contributed by atoms with Crippen molar-refractivity contribution in [3.63, 3.8) is 0 Å². The van der Waals surface area contributed by atoms with Crippen LogP contribution in [0.25, 0.3) is 0 Å². The van der Waals surface area contributed by atoms with Crippen molar-refractivity contribution in [1.82, 2.24) is 0 Å². The van der Waals surface area contributed by atoms with Crippen LogP contribution in [0.15, 0.2) is 11.4 Å². The molecular weight excluding hydrogens is 196 g/mol. The first-order valence-electron chi connectivity index (χ1n) is 4.93. The Bertz CT molecular complexity index is 245. The van der Waals surface area contributed by atoms with Crippen molar-refractivity contribution in [2.75, 3.05) is 20.5 Å². The monoisotopic (exact) mass is 214 g/mol. The number of hydrogen-bond donors (Lipinski definition) is 0. The Balaban J connectivity index is 1.99. The lowest BCUT2D eigenvalue weighted by atomic mass is 10.2. The first-order chi connectivity index (χ1) is 6.83. The fourth-order valence-electron chi connectivity index (χ4n) is 1.27. The van der Waals surface area contributed by atoms with E-state index < -0.39 is 0 Å². The van der Waals surface area contributed by atoms with E-state index in [9.17, 15) is 0 Å². The average molecular weight is 214 g/mol. The molecule has 1 aromatic heterocycles. The summed E-state index contributed by atoms with van der Waals surface area (Å²) in [5.41, 5.74) is 1.38. The molecule has 0 aromatic carbocycles. The Morgan fingerprint density at radius 3 is 2.86 bits per heavy atom. The van der Waals surface area contributed by atoms with E-state index >= 15 is 0 Å². The number of aryl methyl sites for hydroxylation is 2. The summed E-state index contributed by atoms with van der Waals surface area (Å²) >= 11 is 1.85. The van der Waals surface area contributed by atoms with Crippen LogP contribution in [-0.2, 0) is 15.9 Å². The van der Waals surface area contributed by atoms with Gasteiger partial charge in [0, 0.05) is 18.6 Å². The van der Waals surface area contributed by atoms with Crippen LogP contribution in [0.2, 0.25) is 0 Å². The zero-order chi connectivity index (χ0) is 10.2. The molecule has 1 rings (SSSR count). The molecule has 3 heteroatoms. The van der Waals surface area contributed by atoms with Crippen molar-refractivity contribution in [3.8, 4) is 0 Å². The Kier molecular flexibility index (Phi) is 5.83. The first-order valence-corrected chi connectivity index (χ1v) is 5.81. The SMILES string of the molecule is COCOCCCCc1cc(C)cs1. The maximum absolute atomic E-state index is 5.21. The Labute approximate surface area is 89.9 Å². The van der Waals surface area contributed by atoms with E-state index in [0.717, 1.165) is 13.0 Å². The van der Waals surface area contributed by atoms with E-state index in [0.29, 0.717) is 6.79 Å². The van der Waals surface area contributed by atoms with E-state index in [1.165, 1.54) is 23.3 Å². The van der Waals surface area contributed by atoms with E-state index in [1.54, 1.807) is 7.11 Å². The van der Waals surface area contributed by atoms with Crippen LogP contribution in [0, 0.1) is 6.92 Å². The van der Waals surface area contributed by atoms with Gasteiger partial charge in [-0.25, -0.2) is 0 Å². The summed E-state index contributed by atoms with van der Waals surface area (Å²) in [4.78, 5) is 1.48. The minimum atomic E-state index is 0.415. The van der Waals surface area contributed by atoms with Crippen LogP contribution in [0.4, 0.5) is 0 Å². The van der Waals surface area contributed by atoms with E-state index in [1.807, 2.05) is 11.3 Å². The Morgan fingerprint density at radius 2 is 2.21 bits per heavy atom. The van der Waals surface area contributed by atoms with Crippen molar-refractivity contribution >= 4 is 11.3 Å². The van der Waals surface area contributed by atoms with Gasteiger partial charge in [-0.1, -0.05) is 0 Å². The molecule has 14 heavy (non-hydrogen) atoms. The van der Waals surface area contributed by atoms with Crippen molar-refractivity contribution in [1.29, 1.82) is 0 Å². The minimum Gasteiger partial charge on any atom is -0.359 e. The van der Waals surface area contributed by atoms with Crippen molar-refractivity contribution < 1.29 is 9.47 Å². The summed E-state index contributed by atoms with van der Waals surface area (Å²) in [5.74, 6) is 0. The smallest absolute Gasteiger partial charge is 0.146 e. The minimum absolute atomic E-state index is 0.415. The van der Waals surface area contributed by atoms with Crippen LogP contribution < -0.4 is 0 Å². The van der Waals surface area contributed by atoms with Crippen LogP contribution in [0.1, 0.15) is 23.3 Å². The van der Waals surface area contributed by atoms with Crippen LogP contribution >= 0.6 is 11.3 Å².